The van der Waals surface area contributed by atoms with Crippen LogP contribution in [0.1, 0.15) is 18.9 Å². The monoisotopic (exact) mass is 320 g/mol. The summed E-state index contributed by atoms with van der Waals surface area (Å²) in [6.45, 7) is 5.07. The minimum atomic E-state index is 0.729. The van der Waals surface area contributed by atoms with E-state index < -0.39 is 0 Å². The summed E-state index contributed by atoms with van der Waals surface area (Å²) in [5, 5.41) is 6.49. The molecule has 1 heterocycles. The van der Waals surface area contributed by atoms with Gasteiger partial charge < -0.3 is 10.6 Å². The van der Waals surface area contributed by atoms with Gasteiger partial charge in [0.05, 0.1) is 18.1 Å². The maximum atomic E-state index is 4.47. The van der Waals surface area contributed by atoms with Crippen LogP contribution in [0.4, 0.5) is 17.3 Å². The van der Waals surface area contributed by atoms with E-state index in [0.29, 0.717) is 0 Å². The molecular weight excluding hydrogens is 304 g/mol. The molecule has 100 valence electrons. The van der Waals surface area contributed by atoms with E-state index in [1.807, 2.05) is 6.07 Å². The van der Waals surface area contributed by atoms with E-state index in [1.54, 1.807) is 12.4 Å². The van der Waals surface area contributed by atoms with Gasteiger partial charge in [-0.25, -0.2) is 4.98 Å². The fraction of sp³-hybridized carbons (Fsp3) is 0.286. The number of benzene rings is 1. The van der Waals surface area contributed by atoms with Crippen molar-refractivity contribution in [3.8, 4) is 0 Å². The molecule has 2 aromatic rings. The number of nitrogens with zero attached hydrogens (tertiary/aromatic N) is 2. The van der Waals surface area contributed by atoms with Crippen LogP contribution in [-0.2, 0) is 0 Å². The van der Waals surface area contributed by atoms with Crippen LogP contribution in [-0.4, -0.2) is 16.5 Å². The fourth-order valence-corrected chi connectivity index (χ4v) is 1.98. The quantitative estimate of drug-likeness (QED) is 0.870. The van der Waals surface area contributed by atoms with Gasteiger partial charge in [-0.15, -0.1) is 0 Å². The van der Waals surface area contributed by atoms with Gasteiger partial charge in [-0.2, -0.15) is 0 Å². The van der Waals surface area contributed by atoms with E-state index >= 15 is 0 Å². The lowest BCUT2D eigenvalue weighted by atomic mass is 10.2. The van der Waals surface area contributed by atoms with E-state index in [0.717, 1.165) is 34.8 Å². The van der Waals surface area contributed by atoms with Crippen LogP contribution in [0.25, 0.3) is 0 Å². The first kappa shape index (κ1) is 13.8. The van der Waals surface area contributed by atoms with E-state index in [9.17, 15) is 0 Å². The van der Waals surface area contributed by atoms with Crippen LogP contribution in [0, 0.1) is 6.92 Å². The lowest BCUT2D eigenvalue weighted by Gasteiger charge is -2.10. The third-order valence-electron chi connectivity index (χ3n) is 2.58. The Hall–Kier alpha value is -1.62. The van der Waals surface area contributed by atoms with Crippen LogP contribution in [0.15, 0.2) is 35.1 Å². The Labute approximate surface area is 121 Å². The van der Waals surface area contributed by atoms with Crippen molar-refractivity contribution in [1.82, 2.24) is 9.97 Å². The predicted molar refractivity (Wildman–Crippen MR) is 83.0 cm³/mol. The third kappa shape index (κ3) is 3.92. The second-order valence-electron chi connectivity index (χ2n) is 4.32. The predicted octanol–water partition coefficient (Wildman–Crippen LogP) is 4.11. The molecule has 1 aromatic carbocycles. The Kier molecular flexibility index (Phi) is 4.74. The molecule has 0 unspecified atom stereocenters. The average molecular weight is 321 g/mol. The summed E-state index contributed by atoms with van der Waals surface area (Å²) >= 11 is 3.52. The molecule has 2 N–H and O–H groups in total. The van der Waals surface area contributed by atoms with Crippen molar-refractivity contribution in [2.45, 2.75) is 20.3 Å². The molecule has 0 aliphatic heterocycles. The third-order valence-corrected chi connectivity index (χ3v) is 3.27. The lowest BCUT2D eigenvalue weighted by molar-refractivity contribution is 0.965. The normalized spacial score (nSPS) is 10.3. The van der Waals surface area contributed by atoms with Crippen molar-refractivity contribution in [1.29, 1.82) is 0 Å². The molecule has 0 aliphatic carbocycles. The second-order valence-corrected chi connectivity index (χ2v) is 5.18. The van der Waals surface area contributed by atoms with Crippen molar-refractivity contribution in [2.75, 3.05) is 17.2 Å². The van der Waals surface area contributed by atoms with Crippen molar-refractivity contribution >= 4 is 33.3 Å². The van der Waals surface area contributed by atoms with Crippen LogP contribution >= 0.6 is 15.9 Å². The Balaban J connectivity index is 2.16. The fourth-order valence-electron chi connectivity index (χ4n) is 1.64. The number of halogens is 1. The summed E-state index contributed by atoms with van der Waals surface area (Å²) in [7, 11) is 0. The Bertz CT molecular complexity index is 557. The van der Waals surface area contributed by atoms with Crippen LogP contribution in [0.3, 0.4) is 0 Å². The van der Waals surface area contributed by atoms with E-state index in [-0.39, 0.29) is 0 Å². The minimum Gasteiger partial charge on any atom is -0.369 e. The zero-order valence-corrected chi connectivity index (χ0v) is 12.7. The zero-order valence-electron chi connectivity index (χ0n) is 11.1. The number of hydrogen-bond donors (Lipinski definition) is 2. The summed E-state index contributed by atoms with van der Waals surface area (Å²) in [4.78, 5) is 8.65. The van der Waals surface area contributed by atoms with Gasteiger partial charge in [0, 0.05) is 11.0 Å². The highest BCUT2D eigenvalue weighted by Crippen LogP contribution is 2.26. The van der Waals surface area contributed by atoms with Crippen molar-refractivity contribution in [3.05, 3.63) is 40.6 Å². The molecule has 0 atom stereocenters. The van der Waals surface area contributed by atoms with E-state index in [1.165, 1.54) is 5.56 Å². The highest BCUT2D eigenvalue weighted by molar-refractivity contribution is 9.10. The summed E-state index contributed by atoms with van der Waals surface area (Å²) in [5.74, 6) is 1.52. The lowest BCUT2D eigenvalue weighted by Crippen LogP contribution is -2.04. The average Bonchev–Trinajstić information content (AvgIpc) is 2.41. The molecule has 2 rings (SSSR count). The highest BCUT2D eigenvalue weighted by Gasteiger charge is 2.03. The SMILES string of the molecule is CCCNc1cncc(Nc2cc(C)ccc2Br)n1. The molecule has 1 aromatic heterocycles. The smallest absolute Gasteiger partial charge is 0.151 e. The van der Waals surface area contributed by atoms with E-state index in [2.05, 4.69) is 62.5 Å². The highest BCUT2D eigenvalue weighted by atomic mass is 79.9. The number of nitrogens with one attached hydrogen (secondary N) is 2. The van der Waals surface area contributed by atoms with Crippen LogP contribution in [0.5, 0.6) is 0 Å². The van der Waals surface area contributed by atoms with Gasteiger partial charge in [-0.1, -0.05) is 13.0 Å². The van der Waals surface area contributed by atoms with Gasteiger partial charge in [0.2, 0.25) is 0 Å². The largest absolute Gasteiger partial charge is 0.369 e. The molecule has 0 bridgehead atoms. The van der Waals surface area contributed by atoms with E-state index in [4.69, 9.17) is 0 Å². The maximum Gasteiger partial charge on any atom is 0.151 e. The first-order valence-corrected chi connectivity index (χ1v) is 7.07. The molecule has 5 heteroatoms. The summed E-state index contributed by atoms with van der Waals surface area (Å²) in [6.07, 6.45) is 4.50. The Morgan fingerprint density at radius 1 is 1.21 bits per heavy atom. The molecule has 4 nitrogen and oxygen atoms in total. The first-order chi connectivity index (χ1) is 9.19. The molecule has 0 amide bonds. The molecular formula is C14H17BrN4. The van der Waals surface area contributed by atoms with Gasteiger partial charge >= 0.3 is 0 Å². The molecule has 0 fully saturated rings. The molecule has 0 radical (unpaired) electrons. The zero-order chi connectivity index (χ0) is 13.7. The standard InChI is InChI=1S/C14H17BrN4/c1-3-6-17-13-8-16-9-14(19-13)18-12-7-10(2)4-5-11(12)15/h4-5,7-9H,3,6H2,1-2H3,(H2,17,18,19). The van der Waals surface area contributed by atoms with Gasteiger partial charge in [-0.05, 0) is 47.0 Å². The Morgan fingerprint density at radius 3 is 2.79 bits per heavy atom. The molecule has 0 saturated heterocycles. The van der Waals surface area contributed by atoms with Crippen LogP contribution < -0.4 is 10.6 Å². The summed E-state index contributed by atoms with van der Waals surface area (Å²) in [6, 6.07) is 6.14. The van der Waals surface area contributed by atoms with Gasteiger partial charge in [0.25, 0.3) is 0 Å². The van der Waals surface area contributed by atoms with Gasteiger partial charge in [0.15, 0.2) is 5.82 Å². The molecule has 0 saturated carbocycles. The second kappa shape index (κ2) is 6.52. The summed E-state index contributed by atoms with van der Waals surface area (Å²) < 4.78 is 1.01. The van der Waals surface area contributed by atoms with Gasteiger partial charge in [-0.3, -0.25) is 4.98 Å². The number of rotatable bonds is 5. The first-order valence-electron chi connectivity index (χ1n) is 6.28. The Morgan fingerprint density at radius 2 is 2.00 bits per heavy atom. The molecule has 19 heavy (non-hydrogen) atoms. The topological polar surface area (TPSA) is 49.8 Å². The number of anilines is 3. The maximum absolute atomic E-state index is 4.47. The van der Waals surface area contributed by atoms with Gasteiger partial charge in [0.1, 0.15) is 5.82 Å². The summed E-state index contributed by atoms with van der Waals surface area (Å²) in [5.41, 5.74) is 2.18. The molecule has 0 aliphatic rings. The number of hydrogen-bond acceptors (Lipinski definition) is 4. The van der Waals surface area contributed by atoms with Crippen molar-refractivity contribution < 1.29 is 0 Å². The number of aromatic nitrogens is 2. The van der Waals surface area contributed by atoms with Crippen LogP contribution in [0.2, 0.25) is 0 Å². The molecule has 0 spiro atoms. The van der Waals surface area contributed by atoms with Crippen molar-refractivity contribution in [3.63, 3.8) is 0 Å². The minimum absolute atomic E-state index is 0.729. The van der Waals surface area contributed by atoms with Crippen molar-refractivity contribution in [2.24, 2.45) is 0 Å². The number of aryl methyl sites for hydroxylation is 1.